The first-order valence-corrected chi connectivity index (χ1v) is 6.47. The van der Waals surface area contributed by atoms with Crippen LogP contribution in [0.1, 0.15) is 25.8 Å². The van der Waals surface area contributed by atoms with E-state index in [2.05, 4.69) is 19.2 Å². The lowest BCUT2D eigenvalue weighted by Crippen LogP contribution is -2.31. The van der Waals surface area contributed by atoms with Gasteiger partial charge in [0.05, 0.1) is 6.54 Å². The summed E-state index contributed by atoms with van der Waals surface area (Å²) in [6.07, 6.45) is 1.36. The Balaban J connectivity index is 2.50. The van der Waals surface area contributed by atoms with E-state index in [1.54, 1.807) is 18.2 Å². The van der Waals surface area contributed by atoms with Crippen LogP contribution in [0.25, 0.3) is 0 Å². The van der Waals surface area contributed by atoms with Crippen LogP contribution in [0.2, 0.25) is 10.0 Å². The van der Waals surface area contributed by atoms with E-state index in [0.717, 1.165) is 12.0 Å². The summed E-state index contributed by atoms with van der Waals surface area (Å²) in [5.41, 5.74) is 0.826. The van der Waals surface area contributed by atoms with Gasteiger partial charge in [0.1, 0.15) is 0 Å². The van der Waals surface area contributed by atoms with E-state index in [1.807, 2.05) is 0 Å². The number of Topliss-reactive ketones (excluding diaryl/α,β-unsaturated/α-hetero) is 1. The van der Waals surface area contributed by atoms with Crippen LogP contribution in [0.4, 0.5) is 0 Å². The molecule has 0 saturated carbocycles. The van der Waals surface area contributed by atoms with E-state index in [1.165, 1.54) is 0 Å². The van der Waals surface area contributed by atoms with Crippen molar-refractivity contribution in [1.29, 1.82) is 0 Å². The molecule has 0 heterocycles. The highest BCUT2D eigenvalue weighted by Gasteiger charge is 2.08. The van der Waals surface area contributed by atoms with Crippen molar-refractivity contribution in [3.05, 3.63) is 33.8 Å². The zero-order valence-electron chi connectivity index (χ0n) is 10.1. The zero-order valence-corrected chi connectivity index (χ0v) is 11.6. The molecule has 1 aromatic rings. The molecular weight excluding hydrogens is 257 g/mol. The van der Waals surface area contributed by atoms with Crippen LogP contribution < -0.4 is 5.32 Å². The molecule has 94 valence electrons. The number of nitrogens with one attached hydrogen (secondary N) is 1. The first-order valence-electron chi connectivity index (χ1n) is 5.72. The molecule has 0 fully saturated rings. The van der Waals surface area contributed by atoms with Gasteiger partial charge in [0.2, 0.25) is 0 Å². The summed E-state index contributed by atoms with van der Waals surface area (Å²) >= 11 is 11.8. The number of benzene rings is 1. The molecule has 0 amide bonds. The highest BCUT2D eigenvalue weighted by Crippen LogP contribution is 2.21. The molecule has 1 aromatic carbocycles. The van der Waals surface area contributed by atoms with E-state index in [9.17, 15) is 4.79 Å². The first kappa shape index (κ1) is 14.5. The lowest BCUT2D eigenvalue weighted by atomic mass is 10.1. The molecule has 0 aliphatic heterocycles. The maximum atomic E-state index is 11.7. The van der Waals surface area contributed by atoms with Gasteiger partial charge in [0.15, 0.2) is 5.78 Å². The average Bonchev–Trinajstić information content (AvgIpc) is 2.29. The topological polar surface area (TPSA) is 29.1 Å². The van der Waals surface area contributed by atoms with Gasteiger partial charge in [-0.2, -0.15) is 0 Å². The largest absolute Gasteiger partial charge is 0.307 e. The number of hydrogen-bond acceptors (Lipinski definition) is 2. The summed E-state index contributed by atoms with van der Waals surface area (Å²) < 4.78 is 0. The van der Waals surface area contributed by atoms with Gasteiger partial charge in [0.25, 0.3) is 0 Å². The predicted molar refractivity (Wildman–Crippen MR) is 72.9 cm³/mol. The van der Waals surface area contributed by atoms with Gasteiger partial charge in [-0.15, -0.1) is 0 Å². The fraction of sp³-hybridized carbons (Fsp3) is 0.462. The minimum Gasteiger partial charge on any atom is -0.307 e. The van der Waals surface area contributed by atoms with Crippen LogP contribution in [0.3, 0.4) is 0 Å². The Morgan fingerprint density at radius 1 is 1.41 bits per heavy atom. The second-order valence-corrected chi connectivity index (χ2v) is 4.99. The lowest BCUT2D eigenvalue weighted by Gasteiger charge is -2.10. The second-order valence-electron chi connectivity index (χ2n) is 4.14. The Morgan fingerprint density at radius 2 is 2.12 bits per heavy atom. The van der Waals surface area contributed by atoms with E-state index >= 15 is 0 Å². The molecule has 1 rings (SSSR count). The van der Waals surface area contributed by atoms with Crippen LogP contribution in [0.15, 0.2) is 18.2 Å². The number of rotatable bonds is 6. The van der Waals surface area contributed by atoms with Crippen LogP contribution in [-0.4, -0.2) is 18.4 Å². The zero-order chi connectivity index (χ0) is 12.8. The van der Waals surface area contributed by atoms with Crippen molar-refractivity contribution in [3.8, 4) is 0 Å². The van der Waals surface area contributed by atoms with Gasteiger partial charge in [-0.3, -0.25) is 4.79 Å². The Kier molecular flexibility index (Phi) is 5.96. The van der Waals surface area contributed by atoms with Gasteiger partial charge in [-0.25, -0.2) is 0 Å². The van der Waals surface area contributed by atoms with Gasteiger partial charge in [0, 0.05) is 22.5 Å². The number of carbonyl (C=O) groups excluding carboxylic acids is 1. The molecule has 17 heavy (non-hydrogen) atoms. The summed E-state index contributed by atoms with van der Waals surface area (Å²) in [6, 6.07) is 5.57. The van der Waals surface area contributed by atoms with Crippen molar-refractivity contribution < 1.29 is 4.79 Å². The Labute approximate surface area is 112 Å². The van der Waals surface area contributed by atoms with Crippen molar-refractivity contribution in [1.82, 2.24) is 5.32 Å². The molecule has 1 unspecified atom stereocenters. The number of carbonyl (C=O) groups is 1. The molecule has 1 N–H and O–H groups in total. The van der Waals surface area contributed by atoms with Gasteiger partial charge in [-0.05, 0) is 31.0 Å². The molecule has 0 aliphatic carbocycles. The van der Waals surface area contributed by atoms with Crippen molar-refractivity contribution in [2.75, 3.05) is 6.54 Å². The normalized spacial score (nSPS) is 12.5. The fourth-order valence-corrected chi connectivity index (χ4v) is 1.85. The van der Waals surface area contributed by atoms with Gasteiger partial charge in [-0.1, -0.05) is 36.2 Å². The quantitative estimate of drug-likeness (QED) is 0.860. The molecular formula is C13H17Cl2NO. The van der Waals surface area contributed by atoms with Crippen molar-refractivity contribution in [2.24, 2.45) is 0 Å². The summed E-state index contributed by atoms with van der Waals surface area (Å²) in [4.78, 5) is 11.7. The van der Waals surface area contributed by atoms with Crippen LogP contribution in [0, 0.1) is 0 Å². The van der Waals surface area contributed by atoms with Crippen LogP contribution in [-0.2, 0) is 11.2 Å². The van der Waals surface area contributed by atoms with E-state index in [0.29, 0.717) is 29.1 Å². The number of ketones is 1. The van der Waals surface area contributed by atoms with Crippen molar-refractivity contribution in [3.63, 3.8) is 0 Å². The molecule has 0 spiro atoms. The van der Waals surface area contributed by atoms with Crippen molar-refractivity contribution >= 4 is 29.0 Å². The van der Waals surface area contributed by atoms with E-state index in [4.69, 9.17) is 23.2 Å². The Morgan fingerprint density at radius 3 is 2.71 bits per heavy atom. The third-order valence-electron chi connectivity index (χ3n) is 2.66. The summed E-state index contributed by atoms with van der Waals surface area (Å²) in [5, 5.41) is 4.30. The minimum absolute atomic E-state index is 0.134. The minimum atomic E-state index is 0.134. The summed E-state index contributed by atoms with van der Waals surface area (Å²) in [6.45, 7) is 4.52. The lowest BCUT2D eigenvalue weighted by molar-refractivity contribution is -0.117. The monoisotopic (exact) mass is 273 g/mol. The Hall–Kier alpha value is -0.570. The Bertz CT molecular complexity index is 393. The van der Waals surface area contributed by atoms with Gasteiger partial charge >= 0.3 is 0 Å². The third kappa shape index (κ3) is 5.07. The molecule has 0 bridgehead atoms. The van der Waals surface area contributed by atoms with Gasteiger partial charge < -0.3 is 5.32 Å². The summed E-state index contributed by atoms with van der Waals surface area (Å²) in [5.74, 6) is 0.134. The highest BCUT2D eigenvalue weighted by molar-refractivity contribution is 6.35. The maximum absolute atomic E-state index is 11.7. The van der Waals surface area contributed by atoms with Crippen LogP contribution in [0.5, 0.6) is 0 Å². The van der Waals surface area contributed by atoms with E-state index < -0.39 is 0 Å². The summed E-state index contributed by atoms with van der Waals surface area (Å²) in [7, 11) is 0. The molecule has 0 saturated heterocycles. The highest BCUT2D eigenvalue weighted by atomic mass is 35.5. The molecule has 4 heteroatoms. The molecule has 0 aliphatic rings. The fourth-order valence-electron chi connectivity index (χ4n) is 1.37. The molecule has 0 radical (unpaired) electrons. The number of halogens is 2. The molecule has 0 aromatic heterocycles. The predicted octanol–water partition coefficient (Wildman–Crippen LogP) is 3.49. The van der Waals surface area contributed by atoms with E-state index in [-0.39, 0.29) is 5.78 Å². The average molecular weight is 274 g/mol. The maximum Gasteiger partial charge on any atom is 0.151 e. The smallest absolute Gasteiger partial charge is 0.151 e. The van der Waals surface area contributed by atoms with Crippen molar-refractivity contribution in [2.45, 2.75) is 32.7 Å². The molecule has 2 nitrogen and oxygen atoms in total. The second kappa shape index (κ2) is 7.00. The third-order valence-corrected chi connectivity index (χ3v) is 3.25. The van der Waals surface area contributed by atoms with Crippen LogP contribution >= 0.6 is 23.2 Å². The SMILES string of the molecule is CCC(C)NCC(=O)Cc1ccc(Cl)cc1Cl. The number of hydrogen-bond donors (Lipinski definition) is 1. The standard InChI is InChI=1S/C13H17Cl2NO/c1-3-9(2)16-8-12(17)6-10-4-5-11(14)7-13(10)15/h4-5,7,9,16H,3,6,8H2,1-2H3. The molecule has 1 atom stereocenters. The first-order chi connectivity index (χ1) is 8.02.